The van der Waals surface area contributed by atoms with E-state index in [4.69, 9.17) is 9.47 Å². The molecule has 5 nitrogen and oxygen atoms in total. The Morgan fingerprint density at radius 3 is 1.77 bits per heavy atom. The van der Waals surface area contributed by atoms with Crippen molar-refractivity contribution in [3.63, 3.8) is 0 Å². The second-order valence-corrected chi connectivity index (χ2v) is 8.58. The van der Waals surface area contributed by atoms with Crippen LogP contribution in [-0.4, -0.2) is 37.4 Å². The molecule has 0 spiro atoms. The molecule has 5 heteroatoms. The minimum Gasteiger partial charge on any atom is -0.457 e. The van der Waals surface area contributed by atoms with Gasteiger partial charge in [0.1, 0.15) is 23.0 Å². The van der Waals surface area contributed by atoms with Crippen LogP contribution in [0.3, 0.4) is 0 Å². The fourth-order valence-corrected chi connectivity index (χ4v) is 4.28. The zero-order valence-corrected chi connectivity index (χ0v) is 19.5. The first kappa shape index (κ1) is 22.7. The highest BCUT2D eigenvalue weighted by Gasteiger charge is 2.20. The van der Waals surface area contributed by atoms with Gasteiger partial charge in [0.15, 0.2) is 6.29 Å². The highest BCUT2D eigenvalue weighted by atomic mass is 16.5. The lowest BCUT2D eigenvalue weighted by atomic mass is 10.1. The van der Waals surface area contributed by atoms with Crippen LogP contribution in [0.25, 0.3) is 0 Å². The zero-order valence-electron chi connectivity index (χ0n) is 19.5. The highest BCUT2D eigenvalue weighted by Crippen LogP contribution is 2.30. The Balaban J connectivity index is 1.18. The lowest BCUT2D eigenvalue weighted by molar-refractivity contribution is 0.112. The van der Waals surface area contributed by atoms with E-state index in [0.717, 1.165) is 67.7 Å². The summed E-state index contributed by atoms with van der Waals surface area (Å²) >= 11 is 0. The lowest BCUT2D eigenvalue weighted by Gasteiger charge is -2.36. The molecule has 1 aliphatic heterocycles. The smallest absolute Gasteiger partial charge is 0.152 e. The Morgan fingerprint density at radius 1 is 0.629 bits per heavy atom. The maximum atomic E-state index is 11.7. The number of ether oxygens (including phenoxy) is 2. The van der Waals surface area contributed by atoms with Crippen LogP contribution in [0.1, 0.15) is 15.9 Å². The summed E-state index contributed by atoms with van der Waals surface area (Å²) in [4.78, 5) is 16.4. The molecule has 0 amide bonds. The van der Waals surface area contributed by atoms with Gasteiger partial charge in [0.25, 0.3) is 0 Å². The van der Waals surface area contributed by atoms with Gasteiger partial charge in [0, 0.05) is 44.4 Å². The fourth-order valence-electron chi connectivity index (χ4n) is 4.28. The molecule has 0 aromatic heterocycles. The second-order valence-electron chi connectivity index (χ2n) is 8.58. The summed E-state index contributed by atoms with van der Waals surface area (Å²) in [7, 11) is 0. The predicted molar refractivity (Wildman–Crippen MR) is 139 cm³/mol. The average Bonchev–Trinajstić information content (AvgIpc) is 2.91. The van der Waals surface area contributed by atoms with Gasteiger partial charge in [-0.1, -0.05) is 48.5 Å². The van der Waals surface area contributed by atoms with Crippen molar-refractivity contribution < 1.29 is 14.3 Å². The van der Waals surface area contributed by atoms with Gasteiger partial charge in [-0.05, 0) is 54.1 Å². The van der Waals surface area contributed by atoms with Crippen molar-refractivity contribution in [2.75, 3.05) is 31.1 Å². The molecule has 4 aromatic rings. The van der Waals surface area contributed by atoms with E-state index >= 15 is 0 Å². The van der Waals surface area contributed by atoms with Crippen LogP contribution in [0, 0.1) is 0 Å². The van der Waals surface area contributed by atoms with E-state index in [9.17, 15) is 4.79 Å². The fraction of sp³-hybridized carbons (Fsp3) is 0.167. The van der Waals surface area contributed by atoms with Gasteiger partial charge >= 0.3 is 0 Å². The van der Waals surface area contributed by atoms with Crippen molar-refractivity contribution >= 4 is 12.0 Å². The quantitative estimate of drug-likeness (QED) is 0.282. The summed E-state index contributed by atoms with van der Waals surface area (Å²) in [5.74, 6) is 3.19. The molecule has 0 bridgehead atoms. The standard InChI is InChI=1S/C30H28N2O3/c33-23-25-13-16-29(35-27-9-5-2-6-10-27)21-30(25)32-19-17-31(18-20-32)22-24-11-14-28(15-12-24)34-26-7-3-1-4-8-26/h1-16,21,23H,17-20,22H2. The first-order valence-corrected chi connectivity index (χ1v) is 11.9. The molecule has 35 heavy (non-hydrogen) atoms. The molecule has 0 radical (unpaired) electrons. The third kappa shape index (κ3) is 5.89. The number of aldehydes is 1. The SMILES string of the molecule is O=Cc1ccc(Oc2ccccc2)cc1N1CCN(Cc2ccc(Oc3ccccc3)cc2)CC1. The van der Waals surface area contributed by atoms with E-state index in [0.29, 0.717) is 5.56 Å². The summed E-state index contributed by atoms with van der Waals surface area (Å²) in [5.41, 5.74) is 2.87. The zero-order chi connectivity index (χ0) is 23.9. The van der Waals surface area contributed by atoms with Crippen LogP contribution < -0.4 is 14.4 Å². The van der Waals surface area contributed by atoms with Gasteiger partial charge < -0.3 is 14.4 Å². The lowest BCUT2D eigenvalue weighted by Crippen LogP contribution is -2.46. The summed E-state index contributed by atoms with van der Waals surface area (Å²) < 4.78 is 11.9. The number of hydrogen-bond donors (Lipinski definition) is 0. The third-order valence-electron chi connectivity index (χ3n) is 6.13. The van der Waals surface area contributed by atoms with E-state index in [1.807, 2.05) is 91.0 Å². The predicted octanol–water partition coefficient (Wildman–Crippen LogP) is 6.41. The van der Waals surface area contributed by atoms with Crippen LogP contribution in [0.5, 0.6) is 23.0 Å². The first-order chi connectivity index (χ1) is 17.3. The van der Waals surface area contributed by atoms with Crippen molar-refractivity contribution in [3.8, 4) is 23.0 Å². The molecular formula is C30H28N2O3. The number of carbonyl (C=O) groups is 1. The van der Waals surface area contributed by atoms with Crippen molar-refractivity contribution in [2.45, 2.75) is 6.54 Å². The number of piperazine rings is 1. The largest absolute Gasteiger partial charge is 0.457 e. The van der Waals surface area contributed by atoms with E-state index in [2.05, 4.69) is 21.9 Å². The highest BCUT2D eigenvalue weighted by molar-refractivity contribution is 5.85. The molecule has 0 aliphatic carbocycles. The summed E-state index contributed by atoms with van der Waals surface area (Å²) in [6.07, 6.45) is 0.924. The molecule has 1 aliphatic rings. The van der Waals surface area contributed by atoms with Crippen LogP contribution in [-0.2, 0) is 6.54 Å². The minimum absolute atomic E-state index is 0.688. The monoisotopic (exact) mass is 464 g/mol. The molecule has 1 fully saturated rings. The van der Waals surface area contributed by atoms with Crippen molar-refractivity contribution in [1.82, 2.24) is 4.90 Å². The average molecular weight is 465 g/mol. The molecule has 0 saturated carbocycles. The molecule has 176 valence electrons. The maximum absolute atomic E-state index is 11.7. The number of para-hydroxylation sites is 2. The van der Waals surface area contributed by atoms with E-state index < -0.39 is 0 Å². The molecule has 0 unspecified atom stereocenters. The van der Waals surface area contributed by atoms with Crippen LogP contribution in [0.2, 0.25) is 0 Å². The first-order valence-electron chi connectivity index (χ1n) is 11.9. The Bertz CT molecular complexity index is 1240. The molecule has 0 N–H and O–H groups in total. The van der Waals surface area contributed by atoms with Crippen LogP contribution in [0.15, 0.2) is 103 Å². The molecule has 5 rings (SSSR count). The third-order valence-corrected chi connectivity index (χ3v) is 6.13. The van der Waals surface area contributed by atoms with Gasteiger partial charge in [0.2, 0.25) is 0 Å². The molecule has 1 saturated heterocycles. The number of benzene rings is 4. The van der Waals surface area contributed by atoms with Crippen molar-refractivity contribution in [2.24, 2.45) is 0 Å². The Morgan fingerprint density at radius 2 is 1.17 bits per heavy atom. The second kappa shape index (κ2) is 10.9. The Kier molecular flexibility index (Phi) is 7.06. The number of nitrogens with zero attached hydrogens (tertiary/aromatic N) is 2. The summed E-state index contributed by atoms with van der Waals surface area (Å²) in [5, 5.41) is 0. The molecule has 4 aromatic carbocycles. The van der Waals surface area contributed by atoms with Gasteiger partial charge in [-0.15, -0.1) is 0 Å². The van der Waals surface area contributed by atoms with E-state index in [1.165, 1.54) is 5.56 Å². The minimum atomic E-state index is 0.688. The molecule has 1 heterocycles. The van der Waals surface area contributed by atoms with Gasteiger partial charge in [-0.3, -0.25) is 9.69 Å². The molecular weight excluding hydrogens is 436 g/mol. The molecule has 0 atom stereocenters. The number of hydrogen-bond acceptors (Lipinski definition) is 5. The van der Waals surface area contributed by atoms with Gasteiger partial charge in [0.05, 0.1) is 5.69 Å². The van der Waals surface area contributed by atoms with Gasteiger partial charge in [-0.25, -0.2) is 0 Å². The van der Waals surface area contributed by atoms with E-state index in [-0.39, 0.29) is 0 Å². The maximum Gasteiger partial charge on any atom is 0.152 e. The van der Waals surface area contributed by atoms with Crippen LogP contribution >= 0.6 is 0 Å². The normalized spacial score (nSPS) is 13.9. The topological polar surface area (TPSA) is 42.0 Å². The summed E-state index contributed by atoms with van der Waals surface area (Å²) in [6.45, 7) is 4.43. The van der Waals surface area contributed by atoms with Crippen molar-refractivity contribution in [3.05, 3.63) is 114 Å². The Hall–Kier alpha value is -4.09. The number of carbonyl (C=O) groups excluding carboxylic acids is 1. The number of rotatable bonds is 8. The number of anilines is 1. The van der Waals surface area contributed by atoms with E-state index in [1.54, 1.807) is 0 Å². The summed E-state index contributed by atoms with van der Waals surface area (Å²) in [6, 6.07) is 33.5. The van der Waals surface area contributed by atoms with Crippen LogP contribution in [0.4, 0.5) is 5.69 Å². The Labute approximate surface area is 206 Å². The van der Waals surface area contributed by atoms with Gasteiger partial charge in [-0.2, -0.15) is 0 Å². The van der Waals surface area contributed by atoms with Crippen molar-refractivity contribution in [1.29, 1.82) is 0 Å².